The fourth-order valence-corrected chi connectivity index (χ4v) is 3.28. The van der Waals surface area contributed by atoms with E-state index in [9.17, 15) is 18.0 Å². The highest BCUT2D eigenvalue weighted by atomic mass is 32.2. The molecule has 2 rings (SSSR count). The summed E-state index contributed by atoms with van der Waals surface area (Å²) >= 11 is 0. The monoisotopic (exact) mass is 410 g/mol. The highest BCUT2D eigenvalue weighted by molar-refractivity contribution is 7.89. The van der Waals surface area contributed by atoms with Crippen LogP contribution in [0.1, 0.15) is 15.9 Å². The number of ether oxygens (including phenoxy) is 2. The fourth-order valence-electron chi connectivity index (χ4n) is 2.14. The van der Waals surface area contributed by atoms with Crippen molar-refractivity contribution in [2.24, 2.45) is 0 Å². The van der Waals surface area contributed by atoms with E-state index in [1.165, 1.54) is 51.6 Å². The van der Waals surface area contributed by atoms with Crippen LogP contribution in [0.5, 0.6) is 11.8 Å². The quantitative estimate of drug-likeness (QED) is 0.678. The van der Waals surface area contributed by atoms with Crippen LogP contribution in [-0.4, -0.2) is 56.8 Å². The van der Waals surface area contributed by atoms with E-state index in [1.54, 1.807) is 0 Å². The van der Waals surface area contributed by atoms with Gasteiger partial charge in [-0.15, -0.1) is 0 Å². The topological polar surface area (TPSA) is 148 Å². The van der Waals surface area contributed by atoms with E-state index < -0.39 is 27.8 Å². The standard InChI is InChI=1S/C16H18N4O7S/c1-20(15-17-12(26-2)8-13(18-15)27-3)16(23)19-28(24,25)9-10-6-4-5-7-11(10)14(21)22/h4-8H,9H2,1-3H3,(H,19,23)(H,21,22). The molecule has 0 saturated heterocycles. The summed E-state index contributed by atoms with van der Waals surface area (Å²) in [5, 5.41) is 9.15. The van der Waals surface area contributed by atoms with Gasteiger partial charge in [0.2, 0.25) is 27.7 Å². The molecule has 0 aliphatic carbocycles. The summed E-state index contributed by atoms with van der Waals surface area (Å²) in [6, 6.07) is 5.95. The number of amides is 2. The van der Waals surface area contributed by atoms with E-state index in [1.807, 2.05) is 4.72 Å². The second kappa shape index (κ2) is 8.52. The molecule has 0 radical (unpaired) electrons. The summed E-state index contributed by atoms with van der Waals surface area (Å²) < 4.78 is 36.5. The molecule has 11 nitrogen and oxygen atoms in total. The lowest BCUT2D eigenvalue weighted by Gasteiger charge is -2.17. The van der Waals surface area contributed by atoms with Gasteiger partial charge in [-0.05, 0) is 11.6 Å². The van der Waals surface area contributed by atoms with Gasteiger partial charge in [-0.1, -0.05) is 18.2 Å². The molecule has 0 saturated carbocycles. The van der Waals surface area contributed by atoms with Crippen LogP contribution in [0.2, 0.25) is 0 Å². The Labute approximate surface area is 161 Å². The number of carbonyl (C=O) groups is 2. The van der Waals surface area contributed by atoms with Gasteiger partial charge in [-0.25, -0.2) is 22.7 Å². The Kier molecular flexibility index (Phi) is 6.36. The number of hydrogen-bond donors (Lipinski definition) is 2. The van der Waals surface area contributed by atoms with Gasteiger partial charge < -0.3 is 14.6 Å². The van der Waals surface area contributed by atoms with Crippen molar-refractivity contribution in [3.8, 4) is 11.8 Å². The number of nitrogens with one attached hydrogen (secondary N) is 1. The van der Waals surface area contributed by atoms with E-state index in [2.05, 4.69) is 9.97 Å². The molecule has 150 valence electrons. The first-order valence-electron chi connectivity index (χ1n) is 7.73. The fraction of sp³-hybridized carbons (Fsp3) is 0.250. The maximum atomic E-state index is 12.3. The molecular formula is C16H18N4O7S. The van der Waals surface area contributed by atoms with Gasteiger partial charge in [0.15, 0.2) is 0 Å². The minimum absolute atomic E-state index is 0.0391. The third kappa shape index (κ3) is 5.07. The number of nitrogens with zero attached hydrogens (tertiary/aromatic N) is 3. The van der Waals surface area contributed by atoms with E-state index >= 15 is 0 Å². The third-order valence-corrected chi connectivity index (χ3v) is 4.70. The lowest BCUT2D eigenvalue weighted by molar-refractivity contribution is 0.0696. The van der Waals surface area contributed by atoms with Crippen LogP contribution >= 0.6 is 0 Å². The Morgan fingerprint density at radius 2 is 1.71 bits per heavy atom. The van der Waals surface area contributed by atoms with Gasteiger partial charge in [-0.2, -0.15) is 9.97 Å². The van der Waals surface area contributed by atoms with E-state index in [0.717, 1.165) is 4.90 Å². The summed E-state index contributed by atoms with van der Waals surface area (Å²) in [7, 11) is -0.228. The molecule has 0 aliphatic rings. The molecule has 0 aliphatic heterocycles. The average molecular weight is 410 g/mol. The summed E-state index contributed by atoms with van der Waals surface area (Å²) in [5.74, 6) is -1.91. The molecular weight excluding hydrogens is 392 g/mol. The molecule has 1 heterocycles. The number of benzene rings is 1. The molecule has 28 heavy (non-hydrogen) atoms. The molecule has 0 fully saturated rings. The zero-order valence-electron chi connectivity index (χ0n) is 15.2. The maximum Gasteiger partial charge on any atom is 0.337 e. The first kappa shape index (κ1) is 20.9. The van der Waals surface area contributed by atoms with Gasteiger partial charge in [0.25, 0.3) is 0 Å². The first-order valence-corrected chi connectivity index (χ1v) is 9.38. The molecule has 0 bridgehead atoms. The van der Waals surface area contributed by atoms with Crippen molar-refractivity contribution in [1.29, 1.82) is 0 Å². The van der Waals surface area contributed by atoms with Crippen LogP contribution in [0.15, 0.2) is 30.3 Å². The van der Waals surface area contributed by atoms with Gasteiger partial charge in [0, 0.05) is 7.05 Å². The van der Waals surface area contributed by atoms with E-state index in [-0.39, 0.29) is 28.8 Å². The predicted octanol–water partition coefficient (Wildman–Crippen LogP) is 0.868. The van der Waals surface area contributed by atoms with Crippen molar-refractivity contribution in [3.05, 3.63) is 41.5 Å². The van der Waals surface area contributed by atoms with Crippen LogP contribution < -0.4 is 19.1 Å². The SMILES string of the molecule is COc1cc(OC)nc(N(C)C(=O)NS(=O)(=O)Cc2ccccc2C(=O)O)n1. The van der Waals surface area contributed by atoms with Gasteiger partial charge in [0.1, 0.15) is 0 Å². The highest BCUT2D eigenvalue weighted by Gasteiger charge is 2.23. The molecule has 2 aromatic rings. The number of aromatic carboxylic acids is 1. The molecule has 1 aromatic heterocycles. The summed E-state index contributed by atoms with van der Waals surface area (Å²) in [5.41, 5.74) is -0.133. The normalized spacial score (nSPS) is 10.8. The lowest BCUT2D eigenvalue weighted by Crippen LogP contribution is -2.42. The smallest absolute Gasteiger partial charge is 0.337 e. The number of hydrogen-bond acceptors (Lipinski definition) is 8. The molecule has 1 aromatic carbocycles. The Balaban J connectivity index is 2.20. The van der Waals surface area contributed by atoms with Gasteiger partial charge >= 0.3 is 12.0 Å². The number of aromatic nitrogens is 2. The molecule has 0 atom stereocenters. The summed E-state index contributed by atoms with van der Waals surface area (Å²) in [6.45, 7) is 0. The lowest BCUT2D eigenvalue weighted by atomic mass is 10.1. The van der Waals surface area contributed by atoms with Gasteiger partial charge in [0.05, 0.1) is 31.6 Å². The van der Waals surface area contributed by atoms with Crippen LogP contribution in [0.3, 0.4) is 0 Å². The molecule has 2 amide bonds. The number of urea groups is 1. The zero-order chi connectivity index (χ0) is 20.9. The Morgan fingerprint density at radius 3 is 2.25 bits per heavy atom. The highest BCUT2D eigenvalue weighted by Crippen LogP contribution is 2.19. The summed E-state index contributed by atoms with van der Waals surface area (Å²) in [4.78, 5) is 32.3. The van der Waals surface area contributed by atoms with Crippen LogP contribution in [-0.2, 0) is 15.8 Å². The zero-order valence-corrected chi connectivity index (χ0v) is 16.1. The van der Waals surface area contributed by atoms with Crippen LogP contribution in [0.25, 0.3) is 0 Å². The first-order chi connectivity index (χ1) is 13.2. The largest absolute Gasteiger partial charge is 0.481 e. The number of anilines is 1. The van der Waals surface area contributed by atoms with E-state index in [4.69, 9.17) is 14.6 Å². The second-order valence-electron chi connectivity index (χ2n) is 5.44. The summed E-state index contributed by atoms with van der Waals surface area (Å²) in [6.07, 6.45) is 0. The van der Waals surface area contributed by atoms with Crippen LogP contribution in [0.4, 0.5) is 10.7 Å². The minimum Gasteiger partial charge on any atom is -0.481 e. The number of carboxylic acid groups (broad SMARTS) is 1. The Bertz CT molecular complexity index is 972. The Morgan fingerprint density at radius 1 is 1.14 bits per heavy atom. The number of carboxylic acids is 1. The van der Waals surface area contributed by atoms with Crippen molar-refractivity contribution in [2.75, 3.05) is 26.2 Å². The number of sulfonamides is 1. The van der Waals surface area contributed by atoms with Crippen molar-refractivity contribution in [3.63, 3.8) is 0 Å². The third-order valence-electron chi connectivity index (χ3n) is 3.53. The van der Waals surface area contributed by atoms with Crippen LogP contribution in [0, 0.1) is 0 Å². The average Bonchev–Trinajstić information content (AvgIpc) is 2.66. The number of methoxy groups -OCH3 is 2. The van der Waals surface area contributed by atoms with Crippen molar-refractivity contribution in [1.82, 2.24) is 14.7 Å². The predicted molar refractivity (Wildman–Crippen MR) is 98.1 cm³/mol. The Hall–Kier alpha value is -3.41. The minimum atomic E-state index is -4.20. The molecule has 0 unspecified atom stereocenters. The van der Waals surface area contributed by atoms with E-state index in [0.29, 0.717) is 0 Å². The molecule has 12 heteroatoms. The number of rotatable bonds is 7. The molecule has 0 spiro atoms. The van der Waals surface area contributed by atoms with Crippen molar-refractivity contribution < 1.29 is 32.6 Å². The molecule has 2 N–H and O–H groups in total. The van der Waals surface area contributed by atoms with Crippen molar-refractivity contribution in [2.45, 2.75) is 5.75 Å². The number of carbonyl (C=O) groups excluding carboxylic acids is 1. The maximum absolute atomic E-state index is 12.3. The van der Waals surface area contributed by atoms with Gasteiger partial charge in [-0.3, -0.25) is 4.90 Å². The second-order valence-corrected chi connectivity index (χ2v) is 7.16. The van der Waals surface area contributed by atoms with Crippen molar-refractivity contribution >= 4 is 28.0 Å².